The minimum atomic E-state index is -0.605. The van der Waals surface area contributed by atoms with Crippen LogP contribution in [0.4, 0.5) is 5.82 Å². The molecule has 2 aromatic carbocycles. The van der Waals surface area contributed by atoms with Gasteiger partial charge in [0.15, 0.2) is 5.65 Å². The van der Waals surface area contributed by atoms with Crippen LogP contribution in [-0.4, -0.2) is 61.9 Å². The minimum absolute atomic E-state index is 0.154. The Morgan fingerprint density at radius 1 is 0.825 bits per heavy atom. The maximum absolute atomic E-state index is 11.7. The van der Waals surface area contributed by atoms with Gasteiger partial charge in [0.1, 0.15) is 23.1 Å². The van der Waals surface area contributed by atoms with E-state index in [4.69, 9.17) is 21.0 Å². The lowest BCUT2D eigenvalue weighted by atomic mass is 10.0. The van der Waals surface area contributed by atoms with Crippen LogP contribution < -0.4 is 10.6 Å². The maximum atomic E-state index is 11.7. The third kappa shape index (κ3) is 5.18. The Kier molecular flexibility index (Phi) is 6.78. The number of aromatic nitrogens is 5. The van der Waals surface area contributed by atoms with Crippen molar-refractivity contribution < 1.29 is 4.79 Å². The summed E-state index contributed by atoms with van der Waals surface area (Å²) in [4.78, 5) is 38.6. The van der Waals surface area contributed by atoms with Crippen molar-refractivity contribution >= 4 is 22.9 Å². The summed E-state index contributed by atoms with van der Waals surface area (Å²) in [6.45, 7) is 4.24. The fraction of sp³-hybridized carbons (Fsp3) is 0.167. The van der Waals surface area contributed by atoms with E-state index in [0.29, 0.717) is 16.9 Å². The zero-order valence-corrected chi connectivity index (χ0v) is 21.6. The summed E-state index contributed by atoms with van der Waals surface area (Å²) in [5.74, 6) is 0.376. The number of hydrogen-bond donors (Lipinski definition) is 1. The molecule has 1 aliphatic heterocycles. The number of pyridine rings is 1. The molecule has 1 fully saturated rings. The number of fused-ring (bicyclic) bond motifs is 1. The number of amides is 1. The molecule has 1 aliphatic rings. The van der Waals surface area contributed by atoms with Gasteiger partial charge in [-0.1, -0.05) is 54.6 Å². The normalized spacial score (nSPS) is 13.7. The number of primary amides is 1. The fourth-order valence-corrected chi connectivity index (χ4v) is 4.82. The number of carbonyl (C=O) groups excluding carboxylic acids is 1. The molecule has 5 aromatic rings. The number of nitriles is 1. The molecule has 10 nitrogen and oxygen atoms in total. The highest BCUT2D eigenvalue weighted by Gasteiger charge is 2.19. The Bertz CT molecular complexity index is 1720. The maximum Gasteiger partial charge on any atom is 0.267 e. The second-order valence-electron chi connectivity index (χ2n) is 9.50. The van der Waals surface area contributed by atoms with E-state index >= 15 is 0 Å². The Labute approximate surface area is 230 Å². The van der Waals surface area contributed by atoms with Crippen LogP contribution >= 0.6 is 0 Å². The van der Waals surface area contributed by atoms with Crippen LogP contribution in [0.5, 0.6) is 0 Å². The molecule has 40 heavy (non-hydrogen) atoms. The van der Waals surface area contributed by atoms with Gasteiger partial charge < -0.3 is 10.6 Å². The van der Waals surface area contributed by atoms with E-state index in [1.54, 1.807) is 18.3 Å². The number of hydrogen-bond acceptors (Lipinski definition) is 9. The molecule has 2 N–H and O–H groups in total. The van der Waals surface area contributed by atoms with Gasteiger partial charge in [0.25, 0.3) is 5.91 Å². The van der Waals surface area contributed by atoms with Crippen LogP contribution in [0.25, 0.3) is 33.7 Å². The Hall–Kier alpha value is -5.27. The van der Waals surface area contributed by atoms with Gasteiger partial charge in [-0.15, -0.1) is 0 Å². The highest BCUT2D eigenvalue weighted by molar-refractivity contribution is 5.93. The van der Waals surface area contributed by atoms with Crippen molar-refractivity contribution in [2.24, 2.45) is 5.73 Å². The molecular formula is C30H25N9O. The van der Waals surface area contributed by atoms with Crippen molar-refractivity contribution in [1.82, 2.24) is 29.8 Å². The second kappa shape index (κ2) is 10.8. The Morgan fingerprint density at radius 2 is 1.55 bits per heavy atom. The van der Waals surface area contributed by atoms with Crippen LogP contribution in [0.15, 0.2) is 79.0 Å². The molecule has 0 radical (unpaired) electrons. The number of rotatable bonds is 6. The number of piperazine rings is 1. The van der Waals surface area contributed by atoms with Gasteiger partial charge in [0, 0.05) is 50.0 Å². The summed E-state index contributed by atoms with van der Waals surface area (Å²) in [6.07, 6.45) is 1.63. The number of anilines is 1. The molecule has 1 saturated heterocycles. The molecule has 3 aromatic heterocycles. The predicted molar refractivity (Wildman–Crippen MR) is 151 cm³/mol. The summed E-state index contributed by atoms with van der Waals surface area (Å²) >= 11 is 0. The molecular weight excluding hydrogens is 502 g/mol. The fourth-order valence-electron chi connectivity index (χ4n) is 4.82. The summed E-state index contributed by atoms with van der Waals surface area (Å²) in [6, 6.07) is 25.4. The zero-order chi connectivity index (χ0) is 27.5. The first-order valence-corrected chi connectivity index (χ1v) is 12.9. The first-order valence-electron chi connectivity index (χ1n) is 12.9. The Balaban J connectivity index is 1.23. The van der Waals surface area contributed by atoms with E-state index in [0.717, 1.165) is 55.4 Å². The summed E-state index contributed by atoms with van der Waals surface area (Å²) in [5.41, 5.74) is 11.0. The molecule has 0 atom stereocenters. The van der Waals surface area contributed by atoms with Gasteiger partial charge in [-0.25, -0.2) is 24.9 Å². The monoisotopic (exact) mass is 527 g/mol. The van der Waals surface area contributed by atoms with E-state index in [2.05, 4.69) is 49.0 Å². The van der Waals surface area contributed by atoms with Crippen molar-refractivity contribution in [2.45, 2.75) is 6.54 Å². The average Bonchev–Trinajstić information content (AvgIpc) is 3.01. The third-order valence-corrected chi connectivity index (χ3v) is 6.90. The number of carbonyl (C=O) groups is 1. The SMILES string of the molecule is N#Cc1nccc(N2CCN(Cc3ccc(-c4nc5nc(C(N)=O)ccc5nc4-c4ccccc4)cc3)CC2)n1. The molecule has 0 saturated carbocycles. The van der Waals surface area contributed by atoms with Gasteiger partial charge >= 0.3 is 0 Å². The summed E-state index contributed by atoms with van der Waals surface area (Å²) in [5, 5.41) is 9.08. The standard InChI is InChI=1S/C30H25N9O/c31-18-25-33-13-12-26(36-25)39-16-14-38(15-17-39)19-20-6-8-22(9-7-20)28-27(21-4-2-1-3-5-21)34-24-11-10-23(29(32)40)35-30(24)37-28/h1-13H,14-17,19H2,(H2,32,40). The van der Waals surface area contributed by atoms with Gasteiger partial charge in [-0.2, -0.15) is 5.26 Å². The molecule has 4 heterocycles. The minimum Gasteiger partial charge on any atom is -0.364 e. The van der Waals surface area contributed by atoms with Crippen LogP contribution in [0.2, 0.25) is 0 Å². The average molecular weight is 528 g/mol. The van der Waals surface area contributed by atoms with Gasteiger partial charge in [0.2, 0.25) is 5.82 Å². The van der Waals surface area contributed by atoms with E-state index in [1.807, 2.05) is 42.5 Å². The van der Waals surface area contributed by atoms with Crippen LogP contribution in [-0.2, 0) is 6.54 Å². The first kappa shape index (κ1) is 25.0. The highest BCUT2D eigenvalue weighted by atomic mass is 16.1. The third-order valence-electron chi connectivity index (χ3n) is 6.90. The van der Waals surface area contributed by atoms with E-state index in [-0.39, 0.29) is 11.5 Å². The van der Waals surface area contributed by atoms with Crippen LogP contribution in [0.1, 0.15) is 21.9 Å². The smallest absolute Gasteiger partial charge is 0.267 e. The van der Waals surface area contributed by atoms with Gasteiger partial charge in [-0.05, 0) is 23.8 Å². The van der Waals surface area contributed by atoms with E-state index < -0.39 is 5.91 Å². The number of nitrogens with two attached hydrogens (primary N) is 1. The number of benzene rings is 2. The van der Waals surface area contributed by atoms with Crippen molar-refractivity contribution in [1.29, 1.82) is 5.26 Å². The van der Waals surface area contributed by atoms with Crippen molar-refractivity contribution in [3.63, 3.8) is 0 Å². The largest absolute Gasteiger partial charge is 0.364 e. The van der Waals surface area contributed by atoms with Crippen molar-refractivity contribution in [3.05, 3.63) is 96.1 Å². The summed E-state index contributed by atoms with van der Waals surface area (Å²) < 4.78 is 0. The van der Waals surface area contributed by atoms with Gasteiger partial charge in [-0.3, -0.25) is 9.69 Å². The van der Waals surface area contributed by atoms with Crippen LogP contribution in [0.3, 0.4) is 0 Å². The van der Waals surface area contributed by atoms with E-state index in [1.165, 1.54) is 5.56 Å². The second-order valence-corrected chi connectivity index (χ2v) is 9.50. The lowest BCUT2D eigenvalue weighted by Gasteiger charge is -2.35. The molecule has 1 amide bonds. The molecule has 196 valence electrons. The molecule has 0 unspecified atom stereocenters. The topological polar surface area (TPSA) is 138 Å². The van der Waals surface area contributed by atoms with Crippen molar-refractivity contribution in [2.75, 3.05) is 31.1 Å². The van der Waals surface area contributed by atoms with Gasteiger partial charge in [0.05, 0.1) is 11.4 Å². The molecule has 6 rings (SSSR count). The van der Waals surface area contributed by atoms with E-state index in [9.17, 15) is 4.79 Å². The lowest BCUT2D eigenvalue weighted by molar-refractivity contribution is 0.0996. The molecule has 0 aliphatic carbocycles. The highest BCUT2D eigenvalue weighted by Crippen LogP contribution is 2.31. The Morgan fingerprint density at radius 3 is 2.27 bits per heavy atom. The van der Waals surface area contributed by atoms with Crippen LogP contribution in [0, 0.1) is 11.3 Å². The molecule has 0 bridgehead atoms. The molecule has 0 spiro atoms. The summed E-state index contributed by atoms with van der Waals surface area (Å²) in [7, 11) is 0. The zero-order valence-electron chi connectivity index (χ0n) is 21.6. The predicted octanol–water partition coefficient (Wildman–Crippen LogP) is 3.44. The molecule has 10 heteroatoms. The quantitative estimate of drug-likeness (QED) is 0.352. The lowest BCUT2D eigenvalue weighted by Crippen LogP contribution is -2.46. The number of nitrogens with zero attached hydrogens (tertiary/aromatic N) is 8. The van der Waals surface area contributed by atoms with Crippen molar-refractivity contribution in [3.8, 4) is 28.6 Å². The first-order chi connectivity index (χ1) is 19.6.